The molecule has 1 aromatic carbocycles. The first-order chi connectivity index (χ1) is 11.4. The maximum absolute atomic E-state index is 12.4. The lowest BCUT2D eigenvalue weighted by molar-refractivity contribution is -0.116. The van der Waals surface area contributed by atoms with Crippen LogP contribution in [0.4, 0.5) is 10.8 Å². The lowest BCUT2D eigenvalue weighted by Gasteiger charge is -2.14. The van der Waals surface area contributed by atoms with Crippen molar-refractivity contribution in [2.45, 2.75) is 33.6 Å². The SMILES string of the molecule is CC(=O)N1CCc2cc(C(=O)Nc3nnc(CC(C)C)s3)ccc21. The average molecular weight is 344 g/mol. The summed E-state index contributed by atoms with van der Waals surface area (Å²) in [5.74, 6) is 0.325. The van der Waals surface area contributed by atoms with Gasteiger partial charge in [-0.3, -0.25) is 14.9 Å². The van der Waals surface area contributed by atoms with Crippen molar-refractivity contribution in [1.82, 2.24) is 10.2 Å². The third kappa shape index (κ3) is 3.46. The first-order valence-electron chi connectivity index (χ1n) is 7.99. The monoisotopic (exact) mass is 344 g/mol. The Morgan fingerprint density at radius 1 is 1.33 bits per heavy atom. The highest BCUT2D eigenvalue weighted by Crippen LogP contribution is 2.29. The molecule has 0 atom stereocenters. The van der Waals surface area contributed by atoms with Crippen LogP contribution in [0.2, 0.25) is 0 Å². The molecule has 1 N–H and O–H groups in total. The number of carbonyl (C=O) groups is 2. The number of aromatic nitrogens is 2. The van der Waals surface area contributed by atoms with Gasteiger partial charge in [0.05, 0.1) is 0 Å². The normalized spacial score (nSPS) is 13.2. The molecule has 1 aliphatic heterocycles. The number of anilines is 2. The van der Waals surface area contributed by atoms with Crippen LogP contribution in [0.1, 0.15) is 41.7 Å². The van der Waals surface area contributed by atoms with E-state index in [0.717, 1.165) is 29.1 Å². The minimum atomic E-state index is -0.202. The van der Waals surface area contributed by atoms with Crippen LogP contribution in [0.5, 0.6) is 0 Å². The molecule has 0 unspecified atom stereocenters. The van der Waals surface area contributed by atoms with Crippen LogP contribution < -0.4 is 10.2 Å². The minimum Gasteiger partial charge on any atom is -0.312 e. The van der Waals surface area contributed by atoms with Crippen molar-refractivity contribution in [3.8, 4) is 0 Å². The number of nitrogens with one attached hydrogen (secondary N) is 1. The van der Waals surface area contributed by atoms with Crippen LogP contribution in [0, 0.1) is 5.92 Å². The lowest BCUT2D eigenvalue weighted by atomic mass is 10.1. The summed E-state index contributed by atoms with van der Waals surface area (Å²) in [7, 11) is 0. The van der Waals surface area contributed by atoms with Gasteiger partial charge in [0.25, 0.3) is 5.91 Å². The second-order valence-electron chi connectivity index (χ2n) is 6.32. The summed E-state index contributed by atoms with van der Waals surface area (Å²) < 4.78 is 0. The van der Waals surface area contributed by atoms with E-state index in [4.69, 9.17) is 0 Å². The Labute approximate surface area is 144 Å². The summed E-state index contributed by atoms with van der Waals surface area (Å²) >= 11 is 1.41. The number of nitrogens with zero attached hydrogens (tertiary/aromatic N) is 3. The highest BCUT2D eigenvalue weighted by Gasteiger charge is 2.23. The second kappa shape index (κ2) is 6.68. The van der Waals surface area contributed by atoms with E-state index in [0.29, 0.717) is 23.2 Å². The molecule has 0 saturated heterocycles. The van der Waals surface area contributed by atoms with Crippen LogP contribution in [-0.4, -0.2) is 28.6 Å². The van der Waals surface area contributed by atoms with Crippen LogP contribution in [0.15, 0.2) is 18.2 Å². The number of amides is 2. The zero-order chi connectivity index (χ0) is 17.3. The molecule has 3 rings (SSSR count). The van der Waals surface area contributed by atoms with E-state index in [-0.39, 0.29) is 11.8 Å². The molecule has 0 fully saturated rings. The topological polar surface area (TPSA) is 75.2 Å². The van der Waals surface area contributed by atoms with Crippen LogP contribution in [-0.2, 0) is 17.6 Å². The van der Waals surface area contributed by atoms with Gasteiger partial charge in [-0.05, 0) is 36.1 Å². The first kappa shape index (κ1) is 16.6. The fraction of sp³-hybridized carbons (Fsp3) is 0.412. The van der Waals surface area contributed by atoms with Gasteiger partial charge in [-0.2, -0.15) is 0 Å². The molecular formula is C17H20N4O2S. The molecule has 0 aliphatic carbocycles. The Bertz CT molecular complexity index is 785. The molecular weight excluding hydrogens is 324 g/mol. The van der Waals surface area contributed by atoms with E-state index in [2.05, 4.69) is 29.4 Å². The average Bonchev–Trinajstić information content (AvgIpc) is 3.12. The molecule has 2 aromatic rings. The zero-order valence-electron chi connectivity index (χ0n) is 14.0. The standard InChI is InChI=1S/C17H20N4O2S/c1-10(2)8-15-19-20-17(24-15)18-16(23)13-4-5-14-12(9-13)6-7-21(14)11(3)22/h4-5,9-10H,6-8H2,1-3H3,(H,18,20,23). The van der Waals surface area contributed by atoms with Crippen molar-refractivity contribution >= 4 is 34.0 Å². The smallest absolute Gasteiger partial charge is 0.257 e. The summed E-state index contributed by atoms with van der Waals surface area (Å²) in [6.45, 7) is 6.47. The molecule has 0 bridgehead atoms. The largest absolute Gasteiger partial charge is 0.312 e. The molecule has 1 aromatic heterocycles. The Balaban J connectivity index is 1.72. The van der Waals surface area contributed by atoms with Gasteiger partial charge in [0.2, 0.25) is 11.0 Å². The van der Waals surface area contributed by atoms with E-state index in [1.54, 1.807) is 17.9 Å². The molecule has 6 nitrogen and oxygen atoms in total. The Morgan fingerprint density at radius 2 is 2.12 bits per heavy atom. The molecule has 2 heterocycles. The number of carbonyl (C=O) groups excluding carboxylic acids is 2. The number of rotatable bonds is 4. The van der Waals surface area contributed by atoms with E-state index in [1.165, 1.54) is 11.3 Å². The predicted octanol–water partition coefficient (Wildman–Crippen LogP) is 2.90. The van der Waals surface area contributed by atoms with Crippen molar-refractivity contribution in [1.29, 1.82) is 0 Å². The summed E-state index contributed by atoms with van der Waals surface area (Å²) in [6, 6.07) is 5.43. The van der Waals surface area contributed by atoms with Gasteiger partial charge in [0.15, 0.2) is 0 Å². The Kier molecular flexibility index (Phi) is 4.62. The van der Waals surface area contributed by atoms with Gasteiger partial charge >= 0.3 is 0 Å². The number of benzene rings is 1. The third-order valence-corrected chi connectivity index (χ3v) is 4.75. The van der Waals surface area contributed by atoms with E-state index < -0.39 is 0 Å². The summed E-state index contributed by atoms with van der Waals surface area (Å²) in [5.41, 5.74) is 2.49. The van der Waals surface area contributed by atoms with Gasteiger partial charge in [-0.15, -0.1) is 10.2 Å². The molecule has 0 radical (unpaired) electrons. The third-order valence-electron chi connectivity index (χ3n) is 3.89. The van der Waals surface area contributed by atoms with Crippen molar-refractivity contribution in [2.75, 3.05) is 16.8 Å². The first-order valence-corrected chi connectivity index (χ1v) is 8.80. The highest BCUT2D eigenvalue weighted by molar-refractivity contribution is 7.15. The Morgan fingerprint density at radius 3 is 2.83 bits per heavy atom. The van der Waals surface area contributed by atoms with Crippen molar-refractivity contribution in [2.24, 2.45) is 5.92 Å². The van der Waals surface area contributed by atoms with Gasteiger partial charge in [-0.25, -0.2) is 0 Å². The van der Waals surface area contributed by atoms with Crippen LogP contribution in [0.3, 0.4) is 0 Å². The predicted molar refractivity (Wildman–Crippen MR) is 94.6 cm³/mol. The maximum Gasteiger partial charge on any atom is 0.257 e. The number of hydrogen-bond donors (Lipinski definition) is 1. The summed E-state index contributed by atoms with van der Waals surface area (Å²) in [4.78, 5) is 25.7. The van der Waals surface area contributed by atoms with Crippen molar-refractivity contribution < 1.29 is 9.59 Å². The molecule has 24 heavy (non-hydrogen) atoms. The molecule has 2 amide bonds. The highest BCUT2D eigenvalue weighted by atomic mass is 32.1. The van der Waals surface area contributed by atoms with Gasteiger partial charge in [0.1, 0.15) is 5.01 Å². The summed E-state index contributed by atoms with van der Waals surface area (Å²) in [6.07, 6.45) is 1.63. The molecule has 126 valence electrons. The minimum absolute atomic E-state index is 0.0255. The molecule has 1 aliphatic rings. The van der Waals surface area contributed by atoms with Crippen LogP contribution in [0.25, 0.3) is 0 Å². The second-order valence-corrected chi connectivity index (χ2v) is 7.38. The van der Waals surface area contributed by atoms with Gasteiger partial charge in [-0.1, -0.05) is 25.2 Å². The molecule has 7 heteroatoms. The van der Waals surface area contributed by atoms with Gasteiger partial charge in [0, 0.05) is 31.1 Å². The summed E-state index contributed by atoms with van der Waals surface area (Å²) in [5, 5.41) is 12.4. The van der Waals surface area contributed by atoms with E-state index in [9.17, 15) is 9.59 Å². The van der Waals surface area contributed by atoms with Crippen LogP contribution >= 0.6 is 11.3 Å². The van der Waals surface area contributed by atoms with E-state index >= 15 is 0 Å². The Hall–Kier alpha value is -2.28. The van der Waals surface area contributed by atoms with Gasteiger partial charge < -0.3 is 4.90 Å². The zero-order valence-corrected chi connectivity index (χ0v) is 14.8. The van der Waals surface area contributed by atoms with E-state index in [1.807, 2.05) is 12.1 Å². The fourth-order valence-electron chi connectivity index (χ4n) is 2.78. The fourth-order valence-corrected chi connectivity index (χ4v) is 3.72. The maximum atomic E-state index is 12.4. The van der Waals surface area contributed by atoms with Crippen molar-refractivity contribution in [3.05, 3.63) is 34.3 Å². The molecule has 0 spiro atoms. The molecule has 0 saturated carbocycles. The van der Waals surface area contributed by atoms with Crippen molar-refractivity contribution in [3.63, 3.8) is 0 Å². The number of fused-ring (bicyclic) bond motifs is 1. The quantitative estimate of drug-likeness (QED) is 0.925. The lowest BCUT2D eigenvalue weighted by Crippen LogP contribution is -2.25. The number of hydrogen-bond acceptors (Lipinski definition) is 5.